The van der Waals surface area contributed by atoms with E-state index in [0.717, 1.165) is 10.6 Å². The molecule has 0 bridgehead atoms. The molecule has 4 unspecified atom stereocenters. The molecule has 1 aliphatic rings. The Balaban J connectivity index is 2.10. The molecule has 0 radical (unpaired) electrons. The summed E-state index contributed by atoms with van der Waals surface area (Å²) in [6.07, 6.45) is -2.72. The molecule has 4 atom stereocenters. The SMILES string of the molecule is COC1C(O)C(CCS(=O)(=O)OCC(C)C)OC1n1ccc(=O)[nH]c1=O. The maximum Gasteiger partial charge on any atom is 0.330 e. The minimum absolute atomic E-state index is 0.0317. The molecular weight excluding hydrogens is 368 g/mol. The van der Waals surface area contributed by atoms with Crippen molar-refractivity contribution in [1.82, 2.24) is 9.55 Å². The number of aliphatic hydroxyl groups is 1. The topological polar surface area (TPSA) is 137 Å². The van der Waals surface area contributed by atoms with Crippen LogP contribution in [-0.2, 0) is 23.8 Å². The maximum absolute atomic E-state index is 11.9. The third-order valence-electron chi connectivity index (χ3n) is 3.94. The highest BCUT2D eigenvalue weighted by molar-refractivity contribution is 7.86. The van der Waals surface area contributed by atoms with Gasteiger partial charge in [-0.15, -0.1) is 0 Å². The molecule has 0 saturated carbocycles. The number of ether oxygens (including phenoxy) is 2. The summed E-state index contributed by atoms with van der Waals surface area (Å²) in [6.45, 7) is 3.73. The lowest BCUT2D eigenvalue weighted by Gasteiger charge is -2.20. The predicted octanol–water partition coefficient (Wildman–Crippen LogP) is -0.798. The zero-order valence-electron chi connectivity index (χ0n) is 14.8. The summed E-state index contributed by atoms with van der Waals surface area (Å²) in [5.74, 6) is -0.280. The van der Waals surface area contributed by atoms with Crippen LogP contribution in [0.2, 0.25) is 0 Å². The lowest BCUT2D eigenvalue weighted by Crippen LogP contribution is -2.38. The van der Waals surface area contributed by atoms with Crippen molar-refractivity contribution in [1.29, 1.82) is 0 Å². The third kappa shape index (κ3) is 5.01. The van der Waals surface area contributed by atoms with Gasteiger partial charge in [-0.05, 0) is 12.3 Å². The first-order chi connectivity index (χ1) is 12.1. The molecule has 0 aliphatic carbocycles. The van der Waals surface area contributed by atoms with E-state index in [0.29, 0.717) is 0 Å². The van der Waals surface area contributed by atoms with Crippen LogP contribution >= 0.6 is 0 Å². The van der Waals surface area contributed by atoms with Crippen LogP contribution in [-0.4, -0.2) is 60.9 Å². The molecule has 2 rings (SSSR count). The standard InChI is InChI=1S/C15H24N2O8S/c1-9(2)8-24-26(21,22)7-5-10-12(19)13(23-3)14(25-10)17-6-4-11(18)16-15(17)20/h4,6,9-10,12-14,19H,5,7-8H2,1-3H3,(H,16,18,20). The molecule has 26 heavy (non-hydrogen) atoms. The van der Waals surface area contributed by atoms with Crippen molar-refractivity contribution in [3.63, 3.8) is 0 Å². The fourth-order valence-electron chi connectivity index (χ4n) is 2.62. The molecule has 11 heteroatoms. The molecule has 1 aliphatic heterocycles. The third-order valence-corrected chi connectivity index (χ3v) is 5.17. The van der Waals surface area contributed by atoms with E-state index in [1.165, 1.54) is 13.3 Å². The van der Waals surface area contributed by atoms with Crippen LogP contribution in [0.15, 0.2) is 21.9 Å². The van der Waals surface area contributed by atoms with E-state index in [4.69, 9.17) is 13.7 Å². The first-order valence-electron chi connectivity index (χ1n) is 8.19. The highest BCUT2D eigenvalue weighted by atomic mass is 32.2. The van der Waals surface area contributed by atoms with E-state index in [9.17, 15) is 23.1 Å². The van der Waals surface area contributed by atoms with E-state index < -0.39 is 45.9 Å². The summed E-state index contributed by atoms with van der Waals surface area (Å²) < 4.78 is 40.7. The van der Waals surface area contributed by atoms with Crippen molar-refractivity contribution in [3.8, 4) is 0 Å². The van der Waals surface area contributed by atoms with Crippen LogP contribution in [0, 0.1) is 5.92 Å². The second kappa shape index (κ2) is 8.44. The van der Waals surface area contributed by atoms with Gasteiger partial charge in [0.2, 0.25) is 0 Å². The number of aliphatic hydroxyl groups excluding tert-OH is 1. The number of nitrogens with one attached hydrogen (secondary N) is 1. The molecule has 10 nitrogen and oxygen atoms in total. The number of hydrogen-bond acceptors (Lipinski definition) is 8. The summed E-state index contributed by atoms with van der Waals surface area (Å²) in [5.41, 5.74) is -1.28. The van der Waals surface area contributed by atoms with Gasteiger partial charge < -0.3 is 14.6 Å². The van der Waals surface area contributed by atoms with E-state index >= 15 is 0 Å². The van der Waals surface area contributed by atoms with Gasteiger partial charge in [0, 0.05) is 19.4 Å². The zero-order valence-corrected chi connectivity index (χ0v) is 15.6. The summed E-state index contributed by atoms with van der Waals surface area (Å²) in [4.78, 5) is 25.2. The van der Waals surface area contributed by atoms with Crippen molar-refractivity contribution in [2.24, 2.45) is 5.92 Å². The molecule has 1 fully saturated rings. The summed E-state index contributed by atoms with van der Waals surface area (Å²) in [7, 11) is -2.42. The van der Waals surface area contributed by atoms with Gasteiger partial charge in [-0.3, -0.25) is 18.5 Å². The largest absolute Gasteiger partial charge is 0.388 e. The normalized spacial score (nSPS) is 26.5. The molecule has 1 saturated heterocycles. The fourth-order valence-corrected chi connectivity index (χ4v) is 3.74. The highest BCUT2D eigenvalue weighted by Crippen LogP contribution is 2.32. The minimum Gasteiger partial charge on any atom is -0.388 e. The number of methoxy groups -OCH3 is 1. The average molecular weight is 392 g/mol. The second-order valence-corrected chi connectivity index (χ2v) is 8.26. The lowest BCUT2D eigenvalue weighted by molar-refractivity contribution is -0.0542. The van der Waals surface area contributed by atoms with Gasteiger partial charge in [0.1, 0.15) is 12.2 Å². The Kier molecular flexibility index (Phi) is 6.74. The van der Waals surface area contributed by atoms with Gasteiger partial charge in [-0.25, -0.2) is 4.79 Å². The van der Waals surface area contributed by atoms with Gasteiger partial charge in [-0.2, -0.15) is 8.42 Å². The van der Waals surface area contributed by atoms with Crippen molar-refractivity contribution in [2.45, 2.75) is 44.8 Å². The molecule has 2 heterocycles. The van der Waals surface area contributed by atoms with Gasteiger partial charge >= 0.3 is 5.69 Å². The molecule has 2 N–H and O–H groups in total. The van der Waals surface area contributed by atoms with Gasteiger partial charge in [-0.1, -0.05) is 13.8 Å². The number of nitrogens with zero attached hydrogens (tertiary/aromatic N) is 1. The van der Waals surface area contributed by atoms with E-state index in [1.54, 1.807) is 0 Å². The predicted molar refractivity (Wildman–Crippen MR) is 91.2 cm³/mol. The summed E-state index contributed by atoms with van der Waals surface area (Å²) in [5, 5.41) is 10.4. The smallest absolute Gasteiger partial charge is 0.330 e. The second-order valence-electron chi connectivity index (χ2n) is 6.50. The number of hydrogen-bond donors (Lipinski definition) is 2. The van der Waals surface area contributed by atoms with Gasteiger partial charge in [0.25, 0.3) is 15.7 Å². The van der Waals surface area contributed by atoms with Crippen LogP contribution in [0.5, 0.6) is 0 Å². The maximum atomic E-state index is 11.9. The summed E-state index contributed by atoms with van der Waals surface area (Å²) >= 11 is 0. The van der Waals surface area contributed by atoms with Crippen molar-refractivity contribution >= 4 is 10.1 Å². The van der Waals surface area contributed by atoms with E-state index in [1.807, 2.05) is 13.8 Å². The monoisotopic (exact) mass is 392 g/mol. The Bertz CT molecular complexity index is 815. The van der Waals surface area contributed by atoms with Crippen LogP contribution < -0.4 is 11.2 Å². The molecule has 1 aromatic heterocycles. The Morgan fingerprint density at radius 2 is 2.08 bits per heavy atom. The quantitative estimate of drug-likeness (QED) is 0.549. The van der Waals surface area contributed by atoms with Crippen molar-refractivity contribution < 1.29 is 27.2 Å². The van der Waals surface area contributed by atoms with Crippen molar-refractivity contribution in [3.05, 3.63) is 33.1 Å². The number of rotatable bonds is 8. The van der Waals surface area contributed by atoms with E-state index in [-0.39, 0.29) is 24.7 Å². The molecule has 148 valence electrons. The molecule has 0 aromatic carbocycles. The van der Waals surface area contributed by atoms with Crippen LogP contribution in [0.1, 0.15) is 26.5 Å². The number of aromatic amines is 1. The Morgan fingerprint density at radius 3 is 2.65 bits per heavy atom. The Morgan fingerprint density at radius 1 is 1.38 bits per heavy atom. The average Bonchev–Trinajstić information content (AvgIpc) is 2.87. The van der Waals surface area contributed by atoms with Crippen molar-refractivity contribution in [2.75, 3.05) is 19.5 Å². The van der Waals surface area contributed by atoms with Crippen LogP contribution in [0.25, 0.3) is 0 Å². The minimum atomic E-state index is -3.76. The fraction of sp³-hybridized carbons (Fsp3) is 0.733. The first-order valence-corrected chi connectivity index (χ1v) is 9.77. The number of H-pyrrole nitrogens is 1. The van der Waals surface area contributed by atoms with Gasteiger partial charge in [0.15, 0.2) is 6.23 Å². The zero-order chi connectivity index (χ0) is 19.5. The van der Waals surface area contributed by atoms with E-state index in [2.05, 4.69) is 4.98 Å². The first kappa shape index (κ1) is 20.8. The lowest BCUT2D eigenvalue weighted by atomic mass is 10.1. The molecule has 0 amide bonds. The number of aromatic nitrogens is 2. The molecule has 0 spiro atoms. The highest BCUT2D eigenvalue weighted by Gasteiger charge is 2.45. The van der Waals surface area contributed by atoms with Crippen LogP contribution in [0.4, 0.5) is 0 Å². The van der Waals surface area contributed by atoms with Crippen LogP contribution in [0.3, 0.4) is 0 Å². The molecule has 1 aromatic rings. The Hall–Kier alpha value is -1.53. The van der Waals surface area contributed by atoms with Gasteiger partial charge in [0.05, 0.1) is 18.5 Å². The summed E-state index contributed by atoms with van der Waals surface area (Å²) in [6, 6.07) is 1.14. The Labute approximate surface area is 150 Å². The molecular formula is C15H24N2O8S.